The maximum Gasteiger partial charge on any atom is 0.251 e. The van der Waals surface area contributed by atoms with E-state index in [9.17, 15) is 18.0 Å². The van der Waals surface area contributed by atoms with Crippen molar-refractivity contribution in [3.63, 3.8) is 0 Å². The average molecular weight is 473 g/mol. The van der Waals surface area contributed by atoms with Crippen LogP contribution in [0, 0.1) is 17.5 Å². The van der Waals surface area contributed by atoms with Gasteiger partial charge in [0.05, 0.1) is 12.1 Å². The van der Waals surface area contributed by atoms with Gasteiger partial charge in [0.2, 0.25) is 0 Å². The van der Waals surface area contributed by atoms with Crippen molar-refractivity contribution in [2.45, 2.75) is 38.6 Å². The SMILES string of the molecule is O=c1ccc2c(F)cc(F)cc2n1CCN1CCC(NCc2cc(F)cc3c2OCOC3)CC1. The number of benzene rings is 2. The van der Waals surface area contributed by atoms with Gasteiger partial charge in [-0.3, -0.25) is 4.79 Å². The highest BCUT2D eigenvalue weighted by Gasteiger charge is 2.21. The Morgan fingerprint density at radius 3 is 2.62 bits per heavy atom. The predicted molar refractivity (Wildman–Crippen MR) is 121 cm³/mol. The van der Waals surface area contributed by atoms with Gasteiger partial charge in [0, 0.05) is 54.3 Å². The van der Waals surface area contributed by atoms with E-state index in [0.29, 0.717) is 32.0 Å². The van der Waals surface area contributed by atoms with Gasteiger partial charge in [-0.25, -0.2) is 13.2 Å². The van der Waals surface area contributed by atoms with Crippen molar-refractivity contribution in [3.05, 3.63) is 75.3 Å². The monoisotopic (exact) mass is 473 g/mol. The van der Waals surface area contributed by atoms with E-state index < -0.39 is 11.6 Å². The summed E-state index contributed by atoms with van der Waals surface area (Å²) in [4.78, 5) is 14.6. The molecule has 6 nitrogen and oxygen atoms in total. The van der Waals surface area contributed by atoms with E-state index in [1.165, 1.54) is 34.9 Å². The van der Waals surface area contributed by atoms with Crippen LogP contribution in [0.15, 0.2) is 41.2 Å². The van der Waals surface area contributed by atoms with Crippen molar-refractivity contribution in [2.24, 2.45) is 0 Å². The lowest BCUT2D eigenvalue weighted by atomic mass is 10.0. The van der Waals surface area contributed by atoms with Crippen LogP contribution in [0.4, 0.5) is 13.2 Å². The molecule has 0 saturated carbocycles. The van der Waals surface area contributed by atoms with Gasteiger partial charge in [0.15, 0.2) is 6.79 Å². The fraction of sp³-hybridized carbons (Fsp3) is 0.400. The Bertz CT molecular complexity index is 1260. The molecule has 180 valence electrons. The Balaban J connectivity index is 1.17. The number of hydrogen-bond acceptors (Lipinski definition) is 5. The van der Waals surface area contributed by atoms with E-state index >= 15 is 0 Å². The van der Waals surface area contributed by atoms with Crippen LogP contribution in [-0.4, -0.2) is 41.9 Å². The highest BCUT2D eigenvalue weighted by atomic mass is 19.1. The summed E-state index contributed by atoms with van der Waals surface area (Å²) in [5, 5.41) is 3.74. The quantitative estimate of drug-likeness (QED) is 0.594. The fourth-order valence-corrected chi connectivity index (χ4v) is 4.80. The van der Waals surface area contributed by atoms with Gasteiger partial charge >= 0.3 is 0 Å². The van der Waals surface area contributed by atoms with Crippen LogP contribution in [-0.2, 0) is 24.4 Å². The number of halogens is 3. The molecule has 1 saturated heterocycles. The van der Waals surface area contributed by atoms with Gasteiger partial charge in [-0.15, -0.1) is 0 Å². The second kappa shape index (κ2) is 9.77. The Kier molecular flexibility index (Phi) is 6.58. The Hall–Kier alpha value is -2.88. The molecule has 0 aliphatic carbocycles. The molecule has 0 spiro atoms. The van der Waals surface area contributed by atoms with E-state index in [1.807, 2.05) is 0 Å². The molecule has 34 heavy (non-hydrogen) atoms. The molecule has 3 aromatic rings. The number of ether oxygens (including phenoxy) is 2. The molecule has 3 heterocycles. The molecular weight excluding hydrogens is 447 g/mol. The minimum Gasteiger partial charge on any atom is -0.467 e. The maximum absolute atomic E-state index is 14.1. The third kappa shape index (κ3) is 4.82. The molecule has 2 aromatic carbocycles. The van der Waals surface area contributed by atoms with Crippen LogP contribution in [0.1, 0.15) is 24.0 Å². The number of nitrogens with zero attached hydrogens (tertiary/aromatic N) is 2. The van der Waals surface area contributed by atoms with Crippen LogP contribution < -0.4 is 15.6 Å². The normalized spacial score (nSPS) is 17.0. The molecule has 5 rings (SSSR count). The maximum atomic E-state index is 14.1. The lowest BCUT2D eigenvalue weighted by Gasteiger charge is -2.33. The smallest absolute Gasteiger partial charge is 0.251 e. The number of pyridine rings is 1. The average Bonchev–Trinajstić information content (AvgIpc) is 2.82. The van der Waals surface area contributed by atoms with Crippen LogP contribution in [0.3, 0.4) is 0 Å². The lowest BCUT2D eigenvalue weighted by Crippen LogP contribution is -2.43. The first-order valence-electron chi connectivity index (χ1n) is 11.4. The molecular formula is C25H26F3N3O3. The van der Waals surface area contributed by atoms with Gasteiger partial charge in [-0.05, 0) is 50.2 Å². The van der Waals surface area contributed by atoms with Crippen molar-refractivity contribution < 1.29 is 22.6 Å². The lowest BCUT2D eigenvalue weighted by molar-refractivity contribution is -0.0173. The van der Waals surface area contributed by atoms with Gasteiger partial charge < -0.3 is 24.3 Å². The first-order chi connectivity index (χ1) is 16.5. The summed E-state index contributed by atoms with van der Waals surface area (Å²) in [7, 11) is 0. The number of nitrogens with one attached hydrogen (secondary N) is 1. The van der Waals surface area contributed by atoms with Gasteiger partial charge in [0.25, 0.3) is 5.56 Å². The van der Waals surface area contributed by atoms with Crippen LogP contribution in [0.25, 0.3) is 10.9 Å². The largest absolute Gasteiger partial charge is 0.467 e. The molecule has 0 radical (unpaired) electrons. The molecule has 0 unspecified atom stereocenters. The molecule has 9 heteroatoms. The van der Waals surface area contributed by atoms with Crippen molar-refractivity contribution in [1.29, 1.82) is 0 Å². The van der Waals surface area contributed by atoms with Crippen molar-refractivity contribution >= 4 is 10.9 Å². The van der Waals surface area contributed by atoms with Gasteiger partial charge in [-0.2, -0.15) is 0 Å². The minimum atomic E-state index is -0.700. The number of aromatic nitrogens is 1. The molecule has 2 aliphatic rings. The Morgan fingerprint density at radius 1 is 1.00 bits per heavy atom. The summed E-state index contributed by atoms with van der Waals surface area (Å²) >= 11 is 0. The fourth-order valence-electron chi connectivity index (χ4n) is 4.80. The van der Waals surface area contributed by atoms with E-state index in [0.717, 1.165) is 43.1 Å². The first-order valence-corrected chi connectivity index (χ1v) is 11.4. The second-order valence-electron chi connectivity index (χ2n) is 8.80. The van der Waals surface area contributed by atoms with Crippen molar-refractivity contribution in [1.82, 2.24) is 14.8 Å². The highest BCUT2D eigenvalue weighted by Crippen LogP contribution is 2.29. The summed E-state index contributed by atoms with van der Waals surface area (Å²) < 4.78 is 54.1. The zero-order valence-corrected chi connectivity index (χ0v) is 18.7. The summed E-state index contributed by atoms with van der Waals surface area (Å²) in [5.41, 5.74) is 1.50. The molecule has 1 fully saturated rings. The van der Waals surface area contributed by atoms with Gasteiger partial charge in [0.1, 0.15) is 23.2 Å². The first kappa shape index (κ1) is 22.9. The van der Waals surface area contributed by atoms with Crippen LogP contribution >= 0.6 is 0 Å². The Morgan fingerprint density at radius 2 is 1.79 bits per heavy atom. The van der Waals surface area contributed by atoms with E-state index in [2.05, 4.69) is 10.2 Å². The minimum absolute atomic E-state index is 0.170. The molecule has 1 N–H and O–H groups in total. The zero-order chi connectivity index (χ0) is 23.7. The number of fused-ring (bicyclic) bond motifs is 2. The van der Waals surface area contributed by atoms with Crippen molar-refractivity contribution in [2.75, 3.05) is 26.4 Å². The topological polar surface area (TPSA) is 55.7 Å². The molecule has 1 aromatic heterocycles. The highest BCUT2D eigenvalue weighted by molar-refractivity contribution is 5.79. The van der Waals surface area contributed by atoms with Crippen LogP contribution in [0.2, 0.25) is 0 Å². The van der Waals surface area contributed by atoms with E-state index in [-0.39, 0.29) is 35.1 Å². The summed E-state index contributed by atoms with van der Waals surface area (Å²) in [6.45, 7) is 3.63. The number of likely N-dealkylation sites (tertiary alicyclic amines) is 1. The Labute approximate surface area is 194 Å². The molecule has 0 amide bonds. The number of rotatable bonds is 6. The molecule has 2 aliphatic heterocycles. The van der Waals surface area contributed by atoms with E-state index in [1.54, 1.807) is 0 Å². The zero-order valence-electron chi connectivity index (χ0n) is 18.7. The van der Waals surface area contributed by atoms with Crippen LogP contribution in [0.5, 0.6) is 5.75 Å². The third-order valence-corrected chi connectivity index (χ3v) is 6.58. The van der Waals surface area contributed by atoms with E-state index in [4.69, 9.17) is 9.47 Å². The van der Waals surface area contributed by atoms with Crippen molar-refractivity contribution in [3.8, 4) is 5.75 Å². The molecule has 0 bridgehead atoms. The molecule has 0 atom stereocenters. The third-order valence-electron chi connectivity index (χ3n) is 6.58. The summed E-state index contributed by atoms with van der Waals surface area (Å²) in [6, 6.07) is 7.97. The standard InChI is InChI=1S/C25H26F3N3O3/c26-18-9-16(25-17(10-18)14-33-15-34-25)13-29-20-3-5-30(6-4-20)7-8-31-23-12-19(27)11-22(28)21(23)1-2-24(31)32/h1-2,9-12,20,29H,3-8,13-15H2. The number of hydrogen-bond donors (Lipinski definition) is 1. The second-order valence-corrected chi connectivity index (χ2v) is 8.80. The number of piperidine rings is 1. The summed E-state index contributed by atoms with van der Waals surface area (Å²) in [6.07, 6.45) is 1.80. The summed E-state index contributed by atoms with van der Waals surface area (Å²) in [5.74, 6) is -0.976. The van der Waals surface area contributed by atoms with Gasteiger partial charge in [-0.1, -0.05) is 0 Å². The predicted octanol–water partition coefficient (Wildman–Crippen LogP) is 3.54.